The molecule has 0 amide bonds. The van der Waals surface area contributed by atoms with E-state index in [0.717, 1.165) is 19.4 Å². The number of aliphatic hydroxyl groups excluding tert-OH is 1. The van der Waals surface area contributed by atoms with Crippen molar-refractivity contribution in [2.75, 3.05) is 26.9 Å². The van der Waals surface area contributed by atoms with Crippen LogP contribution >= 0.6 is 0 Å². The van der Waals surface area contributed by atoms with Gasteiger partial charge in [-0.15, -0.1) is 6.58 Å². The first-order chi connectivity index (χ1) is 7.35. The van der Waals surface area contributed by atoms with Gasteiger partial charge in [0, 0.05) is 19.8 Å². The largest absolute Gasteiger partial charge is 0.396 e. The number of hydrogen-bond donors (Lipinski definition) is 2. The Morgan fingerprint density at radius 3 is 2.80 bits per heavy atom. The van der Waals surface area contributed by atoms with Crippen molar-refractivity contribution in [3.05, 3.63) is 12.7 Å². The predicted molar refractivity (Wildman–Crippen MR) is 64.0 cm³/mol. The molecule has 0 saturated heterocycles. The Hall–Kier alpha value is -0.380. The zero-order valence-corrected chi connectivity index (χ0v) is 9.87. The van der Waals surface area contributed by atoms with Crippen LogP contribution in [-0.2, 0) is 4.74 Å². The first-order valence-electron chi connectivity index (χ1n) is 5.79. The van der Waals surface area contributed by atoms with Gasteiger partial charge in [-0.1, -0.05) is 12.5 Å². The molecule has 0 bridgehead atoms. The van der Waals surface area contributed by atoms with Gasteiger partial charge in [0.05, 0.1) is 6.61 Å². The van der Waals surface area contributed by atoms with E-state index in [2.05, 4.69) is 11.9 Å². The number of nitrogens with one attached hydrogen (secondary N) is 1. The zero-order valence-electron chi connectivity index (χ0n) is 9.87. The summed E-state index contributed by atoms with van der Waals surface area (Å²) in [4.78, 5) is 0. The van der Waals surface area contributed by atoms with E-state index in [-0.39, 0.29) is 6.61 Å². The van der Waals surface area contributed by atoms with Crippen molar-refractivity contribution in [1.82, 2.24) is 5.32 Å². The maximum Gasteiger partial charge on any atom is 0.0616 e. The molecule has 90 valence electrons. The number of methoxy groups -OCH3 is 1. The van der Waals surface area contributed by atoms with Crippen LogP contribution in [0.15, 0.2) is 12.7 Å². The van der Waals surface area contributed by atoms with Gasteiger partial charge in [-0.2, -0.15) is 0 Å². The van der Waals surface area contributed by atoms with Gasteiger partial charge in [0.15, 0.2) is 0 Å². The Labute approximate surface area is 93.5 Å². The Morgan fingerprint density at radius 2 is 2.20 bits per heavy atom. The van der Waals surface area contributed by atoms with Crippen LogP contribution in [0.3, 0.4) is 0 Å². The smallest absolute Gasteiger partial charge is 0.0616 e. The second kappa shape index (κ2) is 11.7. The van der Waals surface area contributed by atoms with Gasteiger partial charge in [0.2, 0.25) is 0 Å². The molecule has 0 rings (SSSR count). The van der Waals surface area contributed by atoms with Crippen molar-refractivity contribution in [1.29, 1.82) is 0 Å². The first kappa shape index (κ1) is 14.6. The molecule has 0 aliphatic carbocycles. The van der Waals surface area contributed by atoms with Crippen LogP contribution in [0.4, 0.5) is 0 Å². The van der Waals surface area contributed by atoms with E-state index in [1.54, 1.807) is 7.11 Å². The maximum absolute atomic E-state index is 8.83. The molecule has 0 aliphatic rings. The minimum absolute atomic E-state index is 0.220. The van der Waals surface area contributed by atoms with Crippen molar-refractivity contribution >= 4 is 0 Å². The SMILES string of the molecule is C=CCCCCCNC(CCO)COC. The molecule has 0 fully saturated rings. The summed E-state index contributed by atoms with van der Waals surface area (Å²) in [5.74, 6) is 0. The van der Waals surface area contributed by atoms with Crippen LogP contribution < -0.4 is 5.32 Å². The highest BCUT2D eigenvalue weighted by molar-refractivity contribution is 4.67. The molecule has 3 heteroatoms. The van der Waals surface area contributed by atoms with E-state index < -0.39 is 0 Å². The van der Waals surface area contributed by atoms with Crippen molar-refractivity contribution in [2.24, 2.45) is 0 Å². The summed E-state index contributed by atoms with van der Waals surface area (Å²) < 4.78 is 5.07. The number of ether oxygens (including phenoxy) is 1. The Kier molecular flexibility index (Phi) is 11.4. The molecule has 0 aromatic rings. The first-order valence-corrected chi connectivity index (χ1v) is 5.79. The lowest BCUT2D eigenvalue weighted by molar-refractivity contribution is 0.148. The molecular formula is C12H25NO2. The fourth-order valence-electron chi connectivity index (χ4n) is 1.50. The molecule has 0 heterocycles. The lowest BCUT2D eigenvalue weighted by atomic mass is 10.1. The highest BCUT2D eigenvalue weighted by Gasteiger charge is 2.05. The van der Waals surface area contributed by atoms with Crippen LogP contribution in [0, 0.1) is 0 Å². The minimum atomic E-state index is 0.220. The van der Waals surface area contributed by atoms with E-state index in [9.17, 15) is 0 Å². The van der Waals surface area contributed by atoms with Gasteiger partial charge in [0.25, 0.3) is 0 Å². The lowest BCUT2D eigenvalue weighted by Crippen LogP contribution is -2.34. The van der Waals surface area contributed by atoms with Gasteiger partial charge in [-0.3, -0.25) is 0 Å². The zero-order chi connectivity index (χ0) is 11.4. The monoisotopic (exact) mass is 215 g/mol. The average Bonchev–Trinajstić information content (AvgIpc) is 2.24. The number of unbranched alkanes of at least 4 members (excludes halogenated alkanes) is 3. The second-order valence-corrected chi connectivity index (χ2v) is 3.76. The van der Waals surface area contributed by atoms with Gasteiger partial charge in [-0.05, 0) is 32.2 Å². The normalized spacial score (nSPS) is 12.7. The summed E-state index contributed by atoms with van der Waals surface area (Å²) in [5.41, 5.74) is 0. The fraction of sp³-hybridized carbons (Fsp3) is 0.833. The number of aliphatic hydroxyl groups is 1. The van der Waals surface area contributed by atoms with Crippen molar-refractivity contribution in [2.45, 2.75) is 38.1 Å². The third-order valence-electron chi connectivity index (χ3n) is 2.36. The average molecular weight is 215 g/mol. The third-order valence-corrected chi connectivity index (χ3v) is 2.36. The van der Waals surface area contributed by atoms with Crippen LogP contribution in [0.5, 0.6) is 0 Å². The predicted octanol–water partition coefficient (Wildman–Crippen LogP) is 1.72. The second-order valence-electron chi connectivity index (χ2n) is 3.76. The van der Waals surface area contributed by atoms with Gasteiger partial charge in [-0.25, -0.2) is 0 Å². The molecule has 2 N–H and O–H groups in total. The van der Waals surface area contributed by atoms with Crippen LogP contribution in [-0.4, -0.2) is 38.0 Å². The Balaban J connectivity index is 3.31. The Morgan fingerprint density at radius 1 is 1.40 bits per heavy atom. The molecular weight excluding hydrogens is 190 g/mol. The molecule has 3 nitrogen and oxygen atoms in total. The van der Waals surface area contributed by atoms with Gasteiger partial charge in [0.1, 0.15) is 0 Å². The molecule has 0 saturated carbocycles. The molecule has 15 heavy (non-hydrogen) atoms. The minimum Gasteiger partial charge on any atom is -0.396 e. The third kappa shape index (κ3) is 9.91. The molecule has 0 aromatic carbocycles. The molecule has 0 aromatic heterocycles. The summed E-state index contributed by atoms with van der Waals surface area (Å²) >= 11 is 0. The van der Waals surface area contributed by atoms with Crippen LogP contribution in [0.1, 0.15) is 32.1 Å². The van der Waals surface area contributed by atoms with E-state index in [0.29, 0.717) is 12.6 Å². The van der Waals surface area contributed by atoms with E-state index in [1.165, 1.54) is 19.3 Å². The molecule has 0 spiro atoms. The van der Waals surface area contributed by atoms with Gasteiger partial charge < -0.3 is 15.2 Å². The molecule has 0 aliphatic heterocycles. The quantitative estimate of drug-likeness (QED) is 0.407. The highest BCUT2D eigenvalue weighted by atomic mass is 16.5. The van der Waals surface area contributed by atoms with Crippen molar-refractivity contribution in [3.63, 3.8) is 0 Å². The summed E-state index contributed by atoms with van der Waals surface area (Å²) in [5, 5.41) is 12.2. The van der Waals surface area contributed by atoms with E-state index in [4.69, 9.17) is 9.84 Å². The molecule has 0 radical (unpaired) electrons. The molecule has 1 unspecified atom stereocenters. The number of rotatable bonds is 11. The van der Waals surface area contributed by atoms with Gasteiger partial charge >= 0.3 is 0 Å². The summed E-state index contributed by atoms with van der Waals surface area (Å²) in [7, 11) is 1.69. The summed E-state index contributed by atoms with van der Waals surface area (Å²) in [6.07, 6.45) is 7.48. The fourth-order valence-corrected chi connectivity index (χ4v) is 1.50. The van der Waals surface area contributed by atoms with Crippen LogP contribution in [0.25, 0.3) is 0 Å². The highest BCUT2D eigenvalue weighted by Crippen LogP contribution is 2.00. The van der Waals surface area contributed by atoms with Crippen molar-refractivity contribution < 1.29 is 9.84 Å². The maximum atomic E-state index is 8.83. The Bertz CT molecular complexity index is 134. The standard InChI is InChI=1S/C12H25NO2/c1-3-4-5-6-7-9-13-12(8-10-14)11-15-2/h3,12-14H,1,4-11H2,2H3. The number of allylic oxidation sites excluding steroid dienone is 1. The van der Waals surface area contributed by atoms with Crippen molar-refractivity contribution in [3.8, 4) is 0 Å². The number of hydrogen-bond acceptors (Lipinski definition) is 3. The molecule has 1 atom stereocenters. The van der Waals surface area contributed by atoms with E-state index in [1.807, 2.05) is 6.08 Å². The summed E-state index contributed by atoms with van der Waals surface area (Å²) in [6, 6.07) is 0.291. The van der Waals surface area contributed by atoms with E-state index >= 15 is 0 Å². The topological polar surface area (TPSA) is 41.5 Å². The van der Waals surface area contributed by atoms with Crippen LogP contribution in [0.2, 0.25) is 0 Å². The lowest BCUT2D eigenvalue weighted by Gasteiger charge is -2.16. The summed E-state index contributed by atoms with van der Waals surface area (Å²) in [6.45, 7) is 5.59.